The molecule has 0 bridgehead atoms. The Labute approximate surface area is 148 Å². The van der Waals surface area contributed by atoms with Crippen molar-refractivity contribution in [2.75, 3.05) is 42.3 Å². The van der Waals surface area contributed by atoms with E-state index in [2.05, 4.69) is 45.1 Å². The van der Waals surface area contributed by atoms with Crippen molar-refractivity contribution in [3.63, 3.8) is 0 Å². The number of nitrogens with zero attached hydrogens (tertiary/aromatic N) is 4. The lowest BCUT2D eigenvalue weighted by Crippen LogP contribution is -2.37. The first-order valence-electron chi connectivity index (χ1n) is 8.75. The van der Waals surface area contributed by atoms with Crippen LogP contribution in [-0.4, -0.2) is 41.3 Å². The summed E-state index contributed by atoms with van der Waals surface area (Å²) in [6.45, 7) is 7.45. The number of hydrogen-bond acceptors (Lipinski definition) is 7. The summed E-state index contributed by atoms with van der Waals surface area (Å²) in [5.41, 5.74) is 7.09. The molecule has 1 unspecified atom stereocenters. The SMILES string of the molecule is CC(C)CC(Nc1cc(N2CCOCC2)nc(N)n1)c1cccnc1. The van der Waals surface area contributed by atoms with Crippen molar-refractivity contribution < 1.29 is 4.74 Å². The van der Waals surface area contributed by atoms with E-state index in [0.29, 0.717) is 19.1 Å². The Morgan fingerprint density at radius 2 is 2.08 bits per heavy atom. The zero-order valence-electron chi connectivity index (χ0n) is 14.9. The van der Waals surface area contributed by atoms with Gasteiger partial charge in [-0.05, 0) is 24.0 Å². The molecular formula is C18H26N6O. The lowest BCUT2D eigenvalue weighted by atomic mass is 9.98. The van der Waals surface area contributed by atoms with Crippen LogP contribution in [0.25, 0.3) is 0 Å². The first kappa shape index (κ1) is 17.4. The van der Waals surface area contributed by atoms with Gasteiger partial charge >= 0.3 is 0 Å². The lowest BCUT2D eigenvalue weighted by Gasteiger charge is -2.28. The van der Waals surface area contributed by atoms with Gasteiger partial charge in [0.1, 0.15) is 11.6 Å². The molecule has 1 fully saturated rings. The number of nitrogen functional groups attached to an aromatic ring is 1. The molecule has 0 amide bonds. The van der Waals surface area contributed by atoms with Crippen LogP contribution in [-0.2, 0) is 4.74 Å². The summed E-state index contributed by atoms with van der Waals surface area (Å²) in [5, 5.41) is 3.52. The van der Waals surface area contributed by atoms with Gasteiger partial charge in [0.05, 0.1) is 19.3 Å². The Morgan fingerprint density at radius 3 is 2.76 bits per heavy atom. The molecule has 7 nitrogen and oxygen atoms in total. The minimum Gasteiger partial charge on any atom is -0.378 e. The van der Waals surface area contributed by atoms with Gasteiger partial charge in [0.2, 0.25) is 5.95 Å². The highest BCUT2D eigenvalue weighted by Crippen LogP contribution is 2.26. The summed E-state index contributed by atoms with van der Waals surface area (Å²) >= 11 is 0. The van der Waals surface area contributed by atoms with Crippen LogP contribution in [0.2, 0.25) is 0 Å². The Morgan fingerprint density at radius 1 is 1.28 bits per heavy atom. The van der Waals surface area contributed by atoms with E-state index in [-0.39, 0.29) is 12.0 Å². The number of aromatic nitrogens is 3. The van der Waals surface area contributed by atoms with Gasteiger partial charge in [0.25, 0.3) is 0 Å². The van der Waals surface area contributed by atoms with Crippen LogP contribution in [0.5, 0.6) is 0 Å². The largest absolute Gasteiger partial charge is 0.378 e. The molecule has 0 aromatic carbocycles. The Balaban J connectivity index is 1.82. The fraction of sp³-hybridized carbons (Fsp3) is 0.500. The van der Waals surface area contributed by atoms with Crippen LogP contribution in [0.15, 0.2) is 30.6 Å². The third-order valence-corrected chi connectivity index (χ3v) is 4.18. The number of ether oxygens (including phenoxy) is 1. The fourth-order valence-corrected chi connectivity index (χ4v) is 2.99. The minimum atomic E-state index is 0.125. The molecule has 1 aliphatic heterocycles. The van der Waals surface area contributed by atoms with Crippen molar-refractivity contribution in [2.45, 2.75) is 26.3 Å². The van der Waals surface area contributed by atoms with Gasteiger partial charge in [-0.1, -0.05) is 19.9 Å². The van der Waals surface area contributed by atoms with Gasteiger partial charge < -0.3 is 20.7 Å². The van der Waals surface area contributed by atoms with Crippen molar-refractivity contribution in [3.8, 4) is 0 Å². The Kier molecular flexibility index (Phi) is 5.65. The van der Waals surface area contributed by atoms with Crippen molar-refractivity contribution >= 4 is 17.6 Å². The van der Waals surface area contributed by atoms with Crippen molar-refractivity contribution in [2.24, 2.45) is 5.92 Å². The summed E-state index contributed by atoms with van der Waals surface area (Å²) in [5.74, 6) is 2.40. The first-order chi connectivity index (χ1) is 12.1. The average molecular weight is 342 g/mol. The monoisotopic (exact) mass is 342 g/mol. The molecule has 3 heterocycles. The second-order valence-corrected chi connectivity index (χ2v) is 6.68. The molecule has 7 heteroatoms. The van der Waals surface area contributed by atoms with Gasteiger partial charge in [-0.3, -0.25) is 4.98 Å². The van der Waals surface area contributed by atoms with E-state index in [1.807, 2.05) is 18.3 Å². The maximum atomic E-state index is 5.95. The second-order valence-electron chi connectivity index (χ2n) is 6.68. The number of anilines is 3. The van der Waals surface area contributed by atoms with E-state index in [9.17, 15) is 0 Å². The van der Waals surface area contributed by atoms with Crippen LogP contribution in [0.1, 0.15) is 31.9 Å². The summed E-state index contributed by atoms with van der Waals surface area (Å²) in [7, 11) is 0. The summed E-state index contributed by atoms with van der Waals surface area (Å²) in [4.78, 5) is 15.2. The maximum Gasteiger partial charge on any atom is 0.223 e. The summed E-state index contributed by atoms with van der Waals surface area (Å²) in [6.07, 6.45) is 4.66. The van der Waals surface area contributed by atoms with Crippen LogP contribution in [0, 0.1) is 5.92 Å². The lowest BCUT2D eigenvalue weighted by molar-refractivity contribution is 0.122. The molecule has 3 N–H and O–H groups in total. The molecule has 0 spiro atoms. The molecule has 2 aromatic heterocycles. The van der Waals surface area contributed by atoms with Crippen LogP contribution in [0.4, 0.5) is 17.6 Å². The number of nitrogens with two attached hydrogens (primary N) is 1. The summed E-state index contributed by atoms with van der Waals surface area (Å²) in [6, 6.07) is 6.13. The van der Waals surface area contributed by atoms with Crippen molar-refractivity contribution in [1.82, 2.24) is 15.0 Å². The molecule has 2 aromatic rings. The summed E-state index contributed by atoms with van der Waals surface area (Å²) < 4.78 is 5.41. The van der Waals surface area contributed by atoms with E-state index in [1.165, 1.54) is 0 Å². The molecule has 134 valence electrons. The third kappa shape index (κ3) is 4.79. The highest BCUT2D eigenvalue weighted by Gasteiger charge is 2.18. The van der Waals surface area contributed by atoms with Crippen molar-refractivity contribution in [1.29, 1.82) is 0 Å². The van der Waals surface area contributed by atoms with E-state index in [0.717, 1.165) is 36.7 Å². The first-order valence-corrected chi connectivity index (χ1v) is 8.75. The molecule has 0 radical (unpaired) electrons. The van der Waals surface area contributed by atoms with E-state index in [4.69, 9.17) is 10.5 Å². The van der Waals surface area contributed by atoms with Gasteiger partial charge in [-0.2, -0.15) is 9.97 Å². The third-order valence-electron chi connectivity index (χ3n) is 4.18. The van der Waals surface area contributed by atoms with Crippen LogP contribution in [0.3, 0.4) is 0 Å². The topological polar surface area (TPSA) is 89.2 Å². The van der Waals surface area contributed by atoms with Gasteiger partial charge in [-0.25, -0.2) is 0 Å². The number of pyridine rings is 1. The molecule has 25 heavy (non-hydrogen) atoms. The normalized spacial score (nSPS) is 16.0. The smallest absolute Gasteiger partial charge is 0.223 e. The highest BCUT2D eigenvalue weighted by atomic mass is 16.5. The number of morpholine rings is 1. The minimum absolute atomic E-state index is 0.125. The van der Waals surface area contributed by atoms with Gasteiger partial charge in [-0.15, -0.1) is 0 Å². The second kappa shape index (κ2) is 8.11. The molecule has 1 saturated heterocycles. The molecule has 0 saturated carbocycles. The highest BCUT2D eigenvalue weighted by molar-refractivity contribution is 5.53. The molecule has 3 rings (SSSR count). The zero-order chi connectivity index (χ0) is 17.6. The Hall–Kier alpha value is -2.41. The molecule has 0 aliphatic carbocycles. The predicted octanol–water partition coefficient (Wildman–Crippen LogP) is 2.49. The van der Waals surface area contributed by atoms with Crippen LogP contribution < -0.4 is 16.0 Å². The average Bonchev–Trinajstić information content (AvgIpc) is 2.62. The zero-order valence-corrected chi connectivity index (χ0v) is 14.9. The van der Waals surface area contributed by atoms with E-state index in [1.54, 1.807) is 6.20 Å². The standard InChI is InChI=1S/C18H26N6O/c1-13(2)10-15(14-4-3-5-20-12-14)21-16-11-17(23-18(19)22-16)24-6-8-25-9-7-24/h3-5,11-13,15H,6-10H2,1-2H3,(H3,19,21,22,23). The molecule has 1 aliphatic rings. The molecular weight excluding hydrogens is 316 g/mol. The van der Waals surface area contributed by atoms with Crippen molar-refractivity contribution in [3.05, 3.63) is 36.2 Å². The van der Waals surface area contributed by atoms with E-state index < -0.39 is 0 Å². The van der Waals surface area contributed by atoms with Gasteiger partial charge in [0, 0.05) is 31.5 Å². The number of rotatable bonds is 6. The maximum absolute atomic E-state index is 5.95. The quantitative estimate of drug-likeness (QED) is 0.833. The number of hydrogen-bond donors (Lipinski definition) is 2. The Bertz CT molecular complexity index is 673. The van der Waals surface area contributed by atoms with E-state index >= 15 is 0 Å². The van der Waals surface area contributed by atoms with Gasteiger partial charge in [0.15, 0.2) is 0 Å². The fourth-order valence-electron chi connectivity index (χ4n) is 2.99. The number of nitrogens with one attached hydrogen (secondary N) is 1. The van der Waals surface area contributed by atoms with Crippen LogP contribution >= 0.6 is 0 Å². The molecule has 1 atom stereocenters. The predicted molar refractivity (Wildman–Crippen MR) is 99.5 cm³/mol.